The molecule has 2 aromatic carbocycles. The van der Waals surface area contributed by atoms with Gasteiger partial charge in [0, 0.05) is 17.8 Å². The first kappa shape index (κ1) is 17.9. The number of aromatic nitrogens is 2. The maximum Gasteiger partial charge on any atom is 0.224 e. The summed E-state index contributed by atoms with van der Waals surface area (Å²) in [6.07, 6.45) is 2.40. The number of benzene rings is 2. The number of para-hydroxylation sites is 2. The second kappa shape index (κ2) is 8.01. The van der Waals surface area contributed by atoms with Crippen molar-refractivity contribution in [1.29, 1.82) is 0 Å². The minimum atomic E-state index is 0.345. The smallest absolute Gasteiger partial charge is 0.224 e. The number of rotatable bonds is 4. The van der Waals surface area contributed by atoms with E-state index in [1.165, 1.54) is 0 Å². The molecule has 0 fully saturated rings. The Morgan fingerprint density at radius 2 is 1.93 bits per heavy atom. The van der Waals surface area contributed by atoms with Crippen LogP contribution in [0.2, 0.25) is 5.02 Å². The number of nitrogens with one attached hydrogen (secondary N) is 2. The Bertz CT molecular complexity index is 1060. The summed E-state index contributed by atoms with van der Waals surface area (Å²) < 4.78 is 0. The molecule has 4 rings (SSSR count). The van der Waals surface area contributed by atoms with Gasteiger partial charge in [0.05, 0.1) is 16.9 Å². The standard InChI is InChI=1S/C19H17ClN8/c20-14-6-2-1-5-12(14)9-10-22-19-23-11-13-17(26-19)24-15-7-3-4-8-16(15)25-18(13)27-28-21/h1-8,11H,9-10H2,(H2,21,25,27)(H2,22,23,24,26). The molecule has 9 heteroatoms. The summed E-state index contributed by atoms with van der Waals surface area (Å²) in [7, 11) is 0. The third-order valence-corrected chi connectivity index (χ3v) is 4.57. The summed E-state index contributed by atoms with van der Waals surface area (Å²) in [6, 6.07) is 15.4. The largest absolute Gasteiger partial charge is 0.354 e. The molecule has 8 nitrogen and oxygen atoms in total. The molecule has 1 aliphatic heterocycles. The lowest BCUT2D eigenvalue weighted by Gasteiger charge is -2.11. The summed E-state index contributed by atoms with van der Waals surface area (Å²) in [5, 5.41) is 14.5. The van der Waals surface area contributed by atoms with Crippen LogP contribution in [0.25, 0.3) is 0 Å². The predicted molar refractivity (Wildman–Crippen MR) is 111 cm³/mol. The van der Waals surface area contributed by atoms with Gasteiger partial charge in [-0.1, -0.05) is 47.2 Å². The monoisotopic (exact) mass is 392 g/mol. The molecule has 4 N–H and O–H groups in total. The van der Waals surface area contributed by atoms with Gasteiger partial charge in [-0.05, 0) is 30.2 Å². The van der Waals surface area contributed by atoms with Crippen molar-refractivity contribution in [1.82, 2.24) is 9.97 Å². The van der Waals surface area contributed by atoms with Gasteiger partial charge in [-0.2, -0.15) is 4.98 Å². The summed E-state index contributed by atoms with van der Waals surface area (Å²) in [4.78, 5) is 13.4. The summed E-state index contributed by atoms with van der Waals surface area (Å²) >= 11 is 6.20. The molecular weight excluding hydrogens is 376 g/mol. The maximum absolute atomic E-state index is 6.20. The van der Waals surface area contributed by atoms with Gasteiger partial charge in [-0.15, -0.1) is 5.11 Å². The van der Waals surface area contributed by atoms with E-state index >= 15 is 0 Å². The first-order valence-corrected chi connectivity index (χ1v) is 9.03. The molecule has 0 aliphatic carbocycles. The Morgan fingerprint density at radius 3 is 2.79 bits per heavy atom. The van der Waals surface area contributed by atoms with Gasteiger partial charge in [-0.3, -0.25) is 0 Å². The second-order valence-electron chi connectivity index (χ2n) is 6.02. The highest BCUT2D eigenvalue weighted by molar-refractivity contribution is 6.31. The summed E-state index contributed by atoms with van der Waals surface area (Å²) in [5.41, 5.74) is 3.21. The third kappa shape index (κ3) is 3.77. The van der Waals surface area contributed by atoms with Crippen molar-refractivity contribution in [3.05, 3.63) is 70.9 Å². The van der Waals surface area contributed by atoms with Crippen LogP contribution in [0.5, 0.6) is 0 Å². The highest BCUT2D eigenvalue weighted by Crippen LogP contribution is 2.33. The van der Waals surface area contributed by atoms with E-state index < -0.39 is 0 Å². The molecule has 0 amide bonds. The van der Waals surface area contributed by atoms with Crippen molar-refractivity contribution in [3.8, 4) is 0 Å². The molecule has 2 heterocycles. The van der Waals surface area contributed by atoms with Crippen LogP contribution >= 0.6 is 11.6 Å². The fraction of sp³-hybridized carbons (Fsp3) is 0.105. The number of nitrogens with zero attached hydrogens (tertiary/aromatic N) is 5. The number of nitrogens with two attached hydrogens (primary N) is 1. The highest BCUT2D eigenvalue weighted by atomic mass is 35.5. The van der Waals surface area contributed by atoms with Crippen LogP contribution in [0.1, 0.15) is 11.1 Å². The second-order valence-corrected chi connectivity index (χ2v) is 6.42. The van der Waals surface area contributed by atoms with E-state index in [0.717, 1.165) is 28.4 Å². The Kier molecular flexibility index (Phi) is 5.11. The van der Waals surface area contributed by atoms with E-state index in [1.807, 2.05) is 48.5 Å². The van der Waals surface area contributed by atoms with Crippen molar-refractivity contribution < 1.29 is 0 Å². The summed E-state index contributed by atoms with van der Waals surface area (Å²) in [6.45, 7) is 0.641. The van der Waals surface area contributed by atoms with Crippen molar-refractivity contribution in [2.75, 3.05) is 17.2 Å². The van der Waals surface area contributed by atoms with Crippen molar-refractivity contribution in [2.24, 2.45) is 21.2 Å². The highest BCUT2D eigenvalue weighted by Gasteiger charge is 2.18. The minimum Gasteiger partial charge on any atom is -0.354 e. The van der Waals surface area contributed by atoms with Crippen molar-refractivity contribution in [3.63, 3.8) is 0 Å². The van der Waals surface area contributed by atoms with Crippen LogP contribution in [0, 0.1) is 0 Å². The number of hydrogen-bond donors (Lipinski definition) is 3. The normalized spacial score (nSPS) is 12.5. The molecule has 0 spiro atoms. The molecule has 0 atom stereocenters. The molecule has 3 aromatic rings. The van der Waals surface area contributed by atoms with Gasteiger partial charge in [0.2, 0.25) is 5.95 Å². The fourth-order valence-electron chi connectivity index (χ4n) is 2.85. The zero-order valence-corrected chi connectivity index (χ0v) is 15.6. The van der Waals surface area contributed by atoms with E-state index in [2.05, 4.69) is 35.9 Å². The lowest BCUT2D eigenvalue weighted by Crippen LogP contribution is -2.11. The fourth-order valence-corrected chi connectivity index (χ4v) is 3.08. The zero-order chi connectivity index (χ0) is 19.3. The minimum absolute atomic E-state index is 0.345. The molecule has 0 saturated heterocycles. The first-order valence-electron chi connectivity index (χ1n) is 8.65. The average molecular weight is 393 g/mol. The molecule has 28 heavy (non-hydrogen) atoms. The lowest BCUT2D eigenvalue weighted by molar-refractivity contribution is 0.983. The SMILES string of the molecule is NN=NC1=Nc2ccccc2Nc2nc(NCCc3ccccc3Cl)ncc21. The van der Waals surface area contributed by atoms with E-state index in [0.29, 0.717) is 29.7 Å². The van der Waals surface area contributed by atoms with Crippen molar-refractivity contribution >= 4 is 40.6 Å². The molecule has 1 aromatic heterocycles. The number of fused-ring (bicyclic) bond motifs is 2. The topological polar surface area (TPSA) is 113 Å². The number of anilines is 3. The zero-order valence-electron chi connectivity index (χ0n) is 14.8. The van der Waals surface area contributed by atoms with Crippen LogP contribution < -0.4 is 16.5 Å². The van der Waals surface area contributed by atoms with Gasteiger partial charge in [0.1, 0.15) is 5.82 Å². The van der Waals surface area contributed by atoms with Gasteiger partial charge < -0.3 is 16.5 Å². The molecule has 140 valence electrons. The van der Waals surface area contributed by atoms with Crippen LogP contribution in [0.4, 0.5) is 23.1 Å². The average Bonchev–Trinajstić information content (AvgIpc) is 2.86. The lowest BCUT2D eigenvalue weighted by atomic mass is 10.1. The molecule has 1 aliphatic rings. The summed E-state index contributed by atoms with van der Waals surface area (Å²) in [5.74, 6) is 6.65. The molecule has 0 unspecified atom stereocenters. The van der Waals surface area contributed by atoms with E-state index in [9.17, 15) is 0 Å². The van der Waals surface area contributed by atoms with E-state index in [-0.39, 0.29) is 0 Å². The first-order chi connectivity index (χ1) is 13.7. The van der Waals surface area contributed by atoms with E-state index in [1.54, 1.807) is 6.20 Å². The number of amidine groups is 1. The van der Waals surface area contributed by atoms with Gasteiger partial charge in [-0.25, -0.2) is 9.98 Å². The molecule has 0 bridgehead atoms. The molecule has 0 saturated carbocycles. The van der Waals surface area contributed by atoms with Crippen LogP contribution in [0.15, 0.2) is 70.1 Å². The van der Waals surface area contributed by atoms with Crippen LogP contribution in [-0.2, 0) is 6.42 Å². The van der Waals surface area contributed by atoms with Crippen LogP contribution in [-0.4, -0.2) is 22.3 Å². The van der Waals surface area contributed by atoms with Gasteiger partial charge in [0.25, 0.3) is 0 Å². The van der Waals surface area contributed by atoms with Crippen LogP contribution in [0.3, 0.4) is 0 Å². The number of hydrogen-bond acceptors (Lipinski definition) is 7. The molecular formula is C19H17ClN8. The third-order valence-electron chi connectivity index (χ3n) is 4.20. The number of aliphatic imine (C=N–C) groups is 1. The Balaban J connectivity index is 1.57. The Hall–Kier alpha value is -3.52. The van der Waals surface area contributed by atoms with Crippen molar-refractivity contribution in [2.45, 2.75) is 6.42 Å². The van der Waals surface area contributed by atoms with E-state index in [4.69, 9.17) is 17.4 Å². The quantitative estimate of drug-likeness (QED) is 0.349. The van der Waals surface area contributed by atoms with Gasteiger partial charge in [0.15, 0.2) is 5.84 Å². The number of halogens is 1. The van der Waals surface area contributed by atoms with Gasteiger partial charge >= 0.3 is 0 Å². The predicted octanol–water partition coefficient (Wildman–Crippen LogP) is 4.25. The molecule has 0 radical (unpaired) electrons. The maximum atomic E-state index is 6.20. The Labute approximate surface area is 166 Å². The Morgan fingerprint density at radius 1 is 1.11 bits per heavy atom.